The summed E-state index contributed by atoms with van der Waals surface area (Å²) in [5.41, 5.74) is 4.57. The summed E-state index contributed by atoms with van der Waals surface area (Å²) in [5, 5.41) is 2.99. The van der Waals surface area contributed by atoms with Gasteiger partial charge in [-0.15, -0.1) is 0 Å². The van der Waals surface area contributed by atoms with Crippen molar-refractivity contribution in [1.82, 2.24) is 10.2 Å². The van der Waals surface area contributed by atoms with Crippen molar-refractivity contribution in [2.45, 2.75) is 59.0 Å². The van der Waals surface area contributed by atoms with Crippen molar-refractivity contribution in [2.75, 3.05) is 23.7 Å². The van der Waals surface area contributed by atoms with Gasteiger partial charge in [0.1, 0.15) is 6.04 Å². The zero-order valence-electron chi connectivity index (χ0n) is 24.0. The molecule has 0 aromatic heterocycles. The van der Waals surface area contributed by atoms with Gasteiger partial charge in [-0.1, -0.05) is 79.2 Å². The van der Waals surface area contributed by atoms with Gasteiger partial charge >= 0.3 is 0 Å². The lowest BCUT2D eigenvalue weighted by atomic mass is 10.0. The van der Waals surface area contributed by atoms with Crippen LogP contribution in [0.1, 0.15) is 48.4 Å². The molecule has 214 valence electrons. The Morgan fingerprint density at radius 2 is 1.55 bits per heavy atom. The molecule has 1 N–H and O–H groups in total. The van der Waals surface area contributed by atoms with E-state index in [4.69, 9.17) is 0 Å². The molecule has 0 saturated carbocycles. The second-order valence-corrected chi connectivity index (χ2v) is 12.1. The van der Waals surface area contributed by atoms with Crippen LogP contribution in [0.25, 0.3) is 0 Å². The maximum Gasteiger partial charge on any atom is 0.243 e. The number of benzene rings is 3. The van der Waals surface area contributed by atoms with E-state index in [-0.39, 0.29) is 31.3 Å². The number of nitrogens with one attached hydrogen (secondary N) is 1. The molecule has 0 saturated heterocycles. The first-order chi connectivity index (χ1) is 19.1. The minimum atomic E-state index is -3.54. The fourth-order valence-electron chi connectivity index (χ4n) is 4.61. The molecule has 0 fully saturated rings. The van der Waals surface area contributed by atoms with Crippen LogP contribution in [0.15, 0.2) is 78.9 Å². The van der Waals surface area contributed by atoms with Crippen molar-refractivity contribution < 1.29 is 18.0 Å². The number of aryl methyl sites for hydroxylation is 2. The number of rotatable bonds is 14. The summed E-state index contributed by atoms with van der Waals surface area (Å²) >= 11 is 0. The molecule has 8 heteroatoms. The lowest BCUT2D eigenvalue weighted by Crippen LogP contribution is -2.50. The fraction of sp³-hybridized carbons (Fsp3) is 0.375. The monoisotopic (exact) mass is 563 g/mol. The number of anilines is 1. The molecule has 0 radical (unpaired) electrons. The summed E-state index contributed by atoms with van der Waals surface area (Å²) in [6, 6.07) is 24.1. The largest absolute Gasteiger partial charge is 0.354 e. The predicted molar refractivity (Wildman–Crippen MR) is 162 cm³/mol. The Morgan fingerprint density at radius 1 is 0.900 bits per heavy atom. The van der Waals surface area contributed by atoms with Gasteiger partial charge in [0.2, 0.25) is 21.8 Å². The smallest absolute Gasteiger partial charge is 0.243 e. The van der Waals surface area contributed by atoms with Crippen molar-refractivity contribution in [3.8, 4) is 0 Å². The van der Waals surface area contributed by atoms with Crippen LogP contribution in [0.4, 0.5) is 5.69 Å². The lowest BCUT2D eigenvalue weighted by molar-refractivity contribution is -0.141. The topological polar surface area (TPSA) is 86.8 Å². The molecule has 1 unspecified atom stereocenters. The highest BCUT2D eigenvalue weighted by atomic mass is 32.2. The molecule has 1 atom stereocenters. The highest BCUT2D eigenvalue weighted by Crippen LogP contribution is 2.21. The molecule has 7 nitrogen and oxygen atoms in total. The van der Waals surface area contributed by atoms with Crippen LogP contribution in [0.3, 0.4) is 0 Å². The highest BCUT2D eigenvalue weighted by Gasteiger charge is 2.30. The van der Waals surface area contributed by atoms with Crippen molar-refractivity contribution in [2.24, 2.45) is 0 Å². The Bertz CT molecular complexity index is 1360. The van der Waals surface area contributed by atoms with E-state index in [2.05, 4.69) is 5.32 Å². The number of hydrogen-bond acceptors (Lipinski definition) is 4. The molecular formula is C32H41N3O4S. The second kappa shape index (κ2) is 14.7. The summed E-state index contributed by atoms with van der Waals surface area (Å²) < 4.78 is 26.5. The number of hydrogen-bond donors (Lipinski definition) is 1. The number of nitrogens with zero attached hydrogens (tertiary/aromatic N) is 2. The van der Waals surface area contributed by atoms with Crippen LogP contribution in [0.2, 0.25) is 0 Å². The molecule has 3 aromatic carbocycles. The Balaban J connectivity index is 1.87. The fourth-order valence-corrected chi connectivity index (χ4v) is 5.57. The van der Waals surface area contributed by atoms with E-state index < -0.39 is 16.1 Å². The third-order valence-corrected chi connectivity index (χ3v) is 8.09. The highest BCUT2D eigenvalue weighted by molar-refractivity contribution is 7.92. The molecular weight excluding hydrogens is 522 g/mol. The van der Waals surface area contributed by atoms with Gasteiger partial charge in [-0.3, -0.25) is 13.9 Å². The Morgan fingerprint density at radius 3 is 2.17 bits per heavy atom. The van der Waals surface area contributed by atoms with Crippen LogP contribution in [-0.2, 0) is 32.6 Å². The van der Waals surface area contributed by atoms with E-state index in [0.717, 1.165) is 28.7 Å². The van der Waals surface area contributed by atoms with Crippen molar-refractivity contribution in [3.63, 3.8) is 0 Å². The van der Waals surface area contributed by atoms with Gasteiger partial charge in [0.15, 0.2) is 0 Å². The lowest BCUT2D eigenvalue weighted by Gasteiger charge is -2.32. The molecule has 0 spiro atoms. The molecule has 0 aliphatic heterocycles. The van der Waals surface area contributed by atoms with Crippen LogP contribution < -0.4 is 9.62 Å². The minimum absolute atomic E-state index is 0.107. The summed E-state index contributed by atoms with van der Waals surface area (Å²) in [6.07, 6.45) is 2.77. The van der Waals surface area contributed by atoms with Crippen LogP contribution in [0.5, 0.6) is 0 Å². The third-order valence-electron chi connectivity index (χ3n) is 6.90. The Hall–Kier alpha value is -3.65. The van der Waals surface area contributed by atoms with Crippen LogP contribution in [-0.4, -0.2) is 50.5 Å². The number of sulfonamides is 1. The number of carbonyl (C=O) groups excluding carboxylic acids is 2. The maximum absolute atomic E-state index is 13.9. The number of amides is 2. The van der Waals surface area contributed by atoms with E-state index in [1.165, 1.54) is 10.6 Å². The standard InChI is InChI=1S/C32H41N3O4S/c1-5-21-33-32(37)30(23-27-13-7-6-8-14-27)34(24-28-15-10-9-12-26(28)3)31(36)16-11-22-35(40(4,38)39)29-19-17-25(2)18-20-29/h6-10,12-15,17-20,30H,5,11,16,21-24H2,1-4H3,(H,33,37). The maximum atomic E-state index is 13.9. The zero-order chi connectivity index (χ0) is 29.1. The van der Waals surface area contributed by atoms with Gasteiger partial charge in [-0.2, -0.15) is 0 Å². The van der Waals surface area contributed by atoms with Gasteiger partial charge in [0.25, 0.3) is 0 Å². The summed E-state index contributed by atoms with van der Waals surface area (Å²) in [6.45, 7) is 6.90. The SMILES string of the molecule is CCCNC(=O)C(Cc1ccccc1)N(Cc1ccccc1C)C(=O)CCCN(c1ccc(C)cc1)S(C)(=O)=O. The zero-order valence-corrected chi connectivity index (χ0v) is 24.8. The molecule has 0 bridgehead atoms. The molecule has 3 rings (SSSR count). The van der Waals surface area contributed by atoms with Gasteiger partial charge in [0, 0.05) is 32.5 Å². The average molecular weight is 564 g/mol. The summed E-state index contributed by atoms with van der Waals surface area (Å²) in [4.78, 5) is 29.0. The Kier molecular flexibility index (Phi) is 11.3. The average Bonchev–Trinajstić information content (AvgIpc) is 2.93. The van der Waals surface area contributed by atoms with E-state index in [1.807, 2.05) is 87.5 Å². The Labute approximate surface area is 239 Å². The number of carbonyl (C=O) groups is 2. The van der Waals surface area contributed by atoms with Gasteiger partial charge in [0.05, 0.1) is 11.9 Å². The molecule has 2 amide bonds. The van der Waals surface area contributed by atoms with E-state index in [0.29, 0.717) is 25.1 Å². The van der Waals surface area contributed by atoms with E-state index in [1.54, 1.807) is 17.0 Å². The van der Waals surface area contributed by atoms with Crippen LogP contribution >= 0.6 is 0 Å². The van der Waals surface area contributed by atoms with Gasteiger partial charge in [-0.05, 0) is 55.5 Å². The normalized spacial score (nSPS) is 12.0. The first-order valence-electron chi connectivity index (χ1n) is 13.8. The molecule has 3 aromatic rings. The molecule has 40 heavy (non-hydrogen) atoms. The molecule has 0 aliphatic rings. The second-order valence-electron chi connectivity index (χ2n) is 10.2. The van der Waals surface area contributed by atoms with E-state index in [9.17, 15) is 18.0 Å². The van der Waals surface area contributed by atoms with Gasteiger partial charge in [-0.25, -0.2) is 8.42 Å². The first kappa shape index (κ1) is 30.9. The summed E-state index contributed by atoms with van der Waals surface area (Å²) in [5.74, 6) is -0.377. The quantitative estimate of drug-likeness (QED) is 0.299. The van der Waals surface area contributed by atoms with Crippen LogP contribution in [0, 0.1) is 13.8 Å². The third kappa shape index (κ3) is 8.95. The first-order valence-corrected chi connectivity index (χ1v) is 15.6. The molecule has 0 heterocycles. The van der Waals surface area contributed by atoms with Crippen molar-refractivity contribution in [1.29, 1.82) is 0 Å². The van der Waals surface area contributed by atoms with E-state index >= 15 is 0 Å². The van der Waals surface area contributed by atoms with Crippen molar-refractivity contribution >= 4 is 27.5 Å². The van der Waals surface area contributed by atoms with Gasteiger partial charge < -0.3 is 10.2 Å². The molecule has 0 aliphatic carbocycles. The summed E-state index contributed by atoms with van der Waals surface area (Å²) in [7, 11) is -3.54. The minimum Gasteiger partial charge on any atom is -0.354 e. The van der Waals surface area contributed by atoms with Crippen molar-refractivity contribution in [3.05, 3.63) is 101 Å². The predicted octanol–water partition coefficient (Wildman–Crippen LogP) is 5.02.